The number of urea groups is 1. The molecule has 5 heteroatoms. The summed E-state index contributed by atoms with van der Waals surface area (Å²) in [6.45, 7) is 5.81. The van der Waals surface area contributed by atoms with E-state index in [1.807, 2.05) is 32.9 Å². The minimum Gasteiger partial charge on any atom is -0.350 e. The van der Waals surface area contributed by atoms with Crippen molar-refractivity contribution in [3.8, 4) is 0 Å². The van der Waals surface area contributed by atoms with Crippen LogP contribution in [0.1, 0.15) is 20.8 Å². The Bertz CT molecular complexity index is 419. The van der Waals surface area contributed by atoms with Gasteiger partial charge in [-0.1, -0.05) is 26.0 Å². The molecule has 0 saturated heterocycles. The van der Waals surface area contributed by atoms with Crippen LogP contribution in [0, 0.1) is 11.8 Å². The first kappa shape index (κ1) is 13.2. The van der Waals surface area contributed by atoms with Gasteiger partial charge in [-0.15, -0.1) is 0 Å². The van der Waals surface area contributed by atoms with Gasteiger partial charge in [-0.05, 0) is 18.4 Å². The van der Waals surface area contributed by atoms with Gasteiger partial charge in [0.15, 0.2) is 5.78 Å². The Hall–Kier alpha value is -1.91. The summed E-state index contributed by atoms with van der Waals surface area (Å²) in [7, 11) is 0. The highest BCUT2D eigenvalue weighted by Crippen LogP contribution is 2.24. The number of allylic oxidation sites excluding steroid dienone is 4. The van der Waals surface area contributed by atoms with Crippen molar-refractivity contribution in [2.45, 2.75) is 20.8 Å². The number of Topliss-reactive ketones (excluding diaryl/α,β-unsaturated/α-hetero) is 1. The zero-order valence-corrected chi connectivity index (χ0v) is 10.2. The monoisotopic (exact) mass is 235 g/mol. The van der Waals surface area contributed by atoms with Crippen molar-refractivity contribution in [2.24, 2.45) is 22.7 Å². The molecule has 1 aliphatic carbocycles. The van der Waals surface area contributed by atoms with E-state index in [0.29, 0.717) is 5.57 Å². The smallest absolute Gasteiger partial charge is 0.332 e. The summed E-state index contributed by atoms with van der Waals surface area (Å²) in [6.07, 6.45) is 5.15. The number of carbonyl (C=O) groups is 2. The summed E-state index contributed by atoms with van der Waals surface area (Å²) in [5.41, 5.74) is 8.30. The van der Waals surface area contributed by atoms with E-state index < -0.39 is 6.03 Å². The number of rotatable bonds is 3. The average Bonchev–Trinajstić information content (AvgIpc) is 2.21. The van der Waals surface area contributed by atoms with Gasteiger partial charge < -0.3 is 5.73 Å². The molecule has 0 radical (unpaired) electrons. The number of primary amides is 1. The molecule has 1 atom stereocenters. The van der Waals surface area contributed by atoms with Crippen LogP contribution in [0.4, 0.5) is 4.79 Å². The number of hydrogen-bond acceptors (Lipinski definition) is 3. The summed E-state index contributed by atoms with van der Waals surface area (Å²) in [6, 6.07) is -0.751. The Morgan fingerprint density at radius 1 is 1.59 bits per heavy atom. The molecule has 1 rings (SSSR count). The Kier molecular flexibility index (Phi) is 4.20. The first-order valence-corrected chi connectivity index (χ1v) is 5.45. The number of nitrogens with zero attached hydrogens (tertiary/aromatic N) is 1. The lowest BCUT2D eigenvalue weighted by molar-refractivity contribution is -0.118. The molecule has 5 nitrogen and oxygen atoms in total. The topological polar surface area (TPSA) is 84.5 Å². The van der Waals surface area contributed by atoms with Gasteiger partial charge in [0.2, 0.25) is 0 Å². The number of nitrogens with two attached hydrogens (primary N) is 1. The van der Waals surface area contributed by atoms with Gasteiger partial charge in [0.25, 0.3) is 0 Å². The maximum atomic E-state index is 12.1. The van der Waals surface area contributed by atoms with Crippen LogP contribution in [0.3, 0.4) is 0 Å². The number of carbonyl (C=O) groups excluding carboxylic acids is 2. The first-order valence-electron chi connectivity index (χ1n) is 5.45. The van der Waals surface area contributed by atoms with Crippen LogP contribution in [0.2, 0.25) is 0 Å². The Morgan fingerprint density at radius 3 is 2.76 bits per heavy atom. The van der Waals surface area contributed by atoms with Crippen LogP contribution < -0.4 is 11.2 Å². The van der Waals surface area contributed by atoms with Gasteiger partial charge in [-0.25, -0.2) is 10.2 Å². The SMILES string of the molecule is CC1=C(/C=N/NC(N)=O)C(=O)C(C(C)C)C=C1. The summed E-state index contributed by atoms with van der Waals surface area (Å²) in [4.78, 5) is 22.6. The third-order valence-corrected chi connectivity index (χ3v) is 2.63. The van der Waals surface area contributed by atoms with Crippen LogP contribution in [-0.4, -0.2) is 18.0 Å². The van der Waals surface area contributed by atoms with E-state index in [0.717, 1.165) is 5.57 Å². The lowest BCUT2D eigenvalue weighted by Gasteiger charge is -2.20. The molecule has 3 N–H and O–H groups in total. The molecule has 0 heterocycles. The third-order valence-electron chi connectivity index (χ3n) is 2.63. The van der Waals surface area contributed by atoms with Crippen molar-refractivity contribution in [2.75, 3.05) is 0 Å². The van der Waals surface area contributed by atoms with E-state index in [9.17, 15) is 9.59 Å². The molecule has 0 bridgehead atoms. The summed E-state index contributed by atoms with van der Waals surface area (Å²) >= 11 is 0. The molecule has 0 aromatic heterocycles. The minimum absolute atomic E-state index is 0.0232. The lowest BCUT2D eigenvalue weighted by atomic mass is 9.82. The van der Waals surface area contributed by atoms with Crippen LogP contribution in [0.25, 0.3) is 0 Å². The highest BCUT2D eigenvalue weighted by molar-refractivity contribution is 6.16. The molecule has 0 aromatic carbocycles. The van der Waals surface area contributed by atoms with E-state index in [2.05, 4.69) is 10.5 Å². The predicted octanol–water partition coefficient (Wildman–Crippen LogP) is 1.37. The van der Waals surface area contributed by atoms with Crippen molar-refractivity contribution in [1.29, 1.82) is 0 Å². The molecular formula is C12H17N3O2. The predicted molar refractivity (Wildman–Crippen MR) is 66.4 cm³/mol. The van der Waals surface area contributed by atoms with Crippen molar-refractivity contribution in [3.05, 3.63) is 23.3 Å². The molecule has 1 aliphatic rings. The van der Waals surface area contributed by atoms with E-state index in [1.54, 1.807) is 0 Å². The van der Waals surface area contributed by atoms with Crippen molar-refractivity contribution in [3.63, 3.8) is 0 Å². The zero-order valence-electron chi connectivity index (χ0n) is 10.2. The van der Waals surface area contributed by atoms with Crippen molar-refractivity contribution < 1.29 is 9.59 Å². The molecule has 17 heavy (non-hydrogen) atoms. The summed E-state index contributed by atoms with van der Waals surface area (Å²) in [5, 5.41) is 3.63. The van der Waals surface area contributed by atoms with Crippen LogP contribution >= 0.6 is 0 Å². The van der Waals surface area contributed by atoms with E-state index in [4.69, 9.17) is 5.73 Å². The lowest BCUT2D eigenvalue weighted by Crippen LogP contribution is -2.27. The van der Waals surface area contributed by atoms with Gasteiger partial charge in [-0.3, -0.25) is 4.79 Å². The zero-order chi connectivity index (χ0) is 13.0. The molecule has 0 fully saturated rings. The molecule has 0 aromatic rings. The van der Waals surface area contributed by atoms with Crippen LogP contribution in [0.5, 0.6) is 0 Å². The maximum Gasteiger partial charge on any atom is 0.332 e. The molecule has 0 spiro atoms. The molecular weight excluding hydrogens is 218 g/mol. The number of ketones is 1. The highest BCUT2D eigenvalue weighted by atomic mass is 16.2. The van der Waals surface area contributed by atoms with E-state index in [-0.39, 0.29) is 17.6 Å². The van der Waals surface area contributed by atoms with Crippen LogP contribution in [0.15, 0.2) is 28.4 Å². The normalized spacial score (nSPS) is 20.5. The number of hydrazone groups is 1. The van der Waals surface area contributed by atoms with E-state index in [1.165, 1.54) is 6.21 Å². The molecule has 92 valence electrons. The fourth-order valence-electron chi connectivity index (χ4n) is 1.65. The Morgan fingerprint density at radius 2 is 2.24 bits per heavy atom. The molecule has 1 unspecified atom stereocenters. The Labute approximate surface area is 100 Å². The third kappa shape index (κ3) is 3.27. The second-order valence-electron chi connectivity index (χ2n) is 4.32. The molecule has 0 saturated carbocycles. The van der Waals surface area contributed by atoms with Crippen molar-refractivity contribution >= 4 is 18.0 Å². The van der Waals surface area contributed by atoms with Gasteiger partial charge in [0, 0.05) is 11.5 Å². The number of nitrogens with one attached hydrogen (secondary N) is 1. The number of amides is 2. The average molecular weight is 235 g/mol. The van der Waals surface area contributed by atoms with Gasteiger partial charge in [0.05, 0.1) is 6.21 Å². The molecule has 2 amide bonds. The maximum absolute atomic E-state index is 12.1. The summed E-state index contributed by atoms with van der Waals surface area (Å²) < 4.78 is 0. The van der Waals surface area contributed by atoms with Gasteiger partial charge >= 0.3 is 6.03 Å². The van der Waals surface area contributed by atoms with E-state index >= 15 is 0 Å². The second kappa shape index (κ2) is 5.43. The quantitative estimate of drug-likeness (QED) is 0.572. The fourth-order valence-corrected chi connectivity index (χ4v) is 1.65. The first-order chi connectivity index (χ1) is 7.93. The fraction of sp³-hybridized carbons (Fsp3) is 0.417. The standard InChI is InChI=1S/C12H17N3O2/c1-7(2)9-5-4-8(3)10(11(9)16)6-14-15-12(13)17/h4-7,9H,1-3H3,(H3,13,15,17)/b14-6+. The van der Waals surface area contributed by atoms with Crippen molar-refractivity contribution in [1.82, 2.24) is 5.43 Å². The van der Waals surface area contributed by atoms with Gasteiger partial charge in [-0.2, -0.15) is 5.10 Å². The minimum atomic E-state index is -0.751. The Balaban J connectivity index is 2.88. The highest BCUT2D eigenvalue weighted by Gasteiger charge is 2.25. The molecule has 0 aliphatic heterocycles. The summed E-state index contributed by atoms with van der Waals surface area (Å²) in [5.74, 6) is 0.128. The van der Waals surface area contributed by atoms with Crippen LogP contribution in [-0.2, 0) is 4.79 Å². The largest absolute Gasteiger partial charge is 0.350 e. The number of hydrogen-bond donors (Lipinski definition) is 2. The van der Waals surface area contributed by atoms with Gasteiger partial charge in [0.1, 0.15) is 0 Å². The second-order valence-corrected chi connectivity index (χ2v) is 4.32.